The van der Waals surface area contributed by atoms with Gasteiger partial charge in [0.15, 0.2) is 11.2 Å². The molecule has 31 heavy (non-hydrogen) atoms. The number of rotatable bonds is 3. The fraction of sp³-hybridized carbons (Fsp3) is 0.182. The molecule has 0 amide bonds. The van der Waals surface area contributed by atoms with E-state index in [9.17, 15) is 14.7 Å². The average Bonchev–Trinajstić information content (AvgIpc) is 3.28. The maximum absolute atomic E-state index is 15.1. The largest absolute Gasteiger partial charge is 0.502 e. The van der Waals surface area contributed by atoms with Crippen molar-refractivity contribution in [2.45, 2.75) is 19.9 Å². The van der Waals surface area contributed by atoms with E-state index in [0.29, 0.717) is 22.3 Å². The number of aromatic nitrogens is 3. The minimum Gasteiger partial charge on any atom is -0.502 e. The highest BCUT2D eigenvalue weighted by Crippen LogP contribution is 2.41. The first kappa shape index (κ1) is 19.0. The normalized spacial score (nSPS) is 11.9. The molecule has 0 aliphatic carbocycles. The fourth-order valence-electron chi connectivity index (χ4n) is 3.93. The lowest BCUT2D eigenvalue weighted by Gasteiger charge is -2.11. The summed E-state index contributed by atoms with van der Waals surface area (Å²) in [6, 6.07) is 6.94. The van der Waals surface area contributed by atoms with Crippen LogP contribution in [0.1, 0.15) is 19.9 Å². The van der Waals surface area contributed by atoms with Crippen LogP contribution in [0.3, 0.4) is 0 Å². The molecular weight excluding hydrogens is 405 g/mol. The summed E-state index contributed by atoms with van der Waals surface area (Å²) in [5.41, 5.74) is 0.292. The van der Waals surface area contributed by atoms with E-state index < -0.39 is 22.6 Å². The van der Waals surface area contributed by atoms with E-state index in [1.807, 2.05) is 13.8 Å². The molecule has 0 fully saturated rings. The van der Waals surface area contributed by atoms with Gasteiger partial charge in [0.2, 0.25) is 11.2 Å². The number of nitrogens with one attached hydrogen (secondary N) is 2. The number of phenols is 1. The van der Waals surface area contributed by atoms with Crippen LogP contribution in [0.5, 0.6) is 11.5 Å². The zero-order valence-electron chi connectivity index (χ0n) is 16.9. The molecule has 3 heterocycles. The summed E-state index contributed by atoms with van der Waals surface area (Å²) >= 11 is 0. The molecule has 0 saturated heterocycles. The lowest BCUT2D eigenvalue weighted by Crippen LogP contribution is -2.07. The van der Waals surface area contributed by atoms with Crippen LogP contribution in [0.4, 0.5) is 4.39 Å². The van der Waals surface area contributed by atoms with Gasteiger partial charge in [0.25, 0.3) is 5.56 Å². The van der Waals surface area contributed by atoms with E-state index in [-0.39, 0.29) is 33.7 Å². The van der Waals surface area contributed by atoms with Crippen molar-refractivity contribution in [3.8, 4) is 22.6 Å². The average molecular weight is 423 g/mol. The molecule has 0 bridgehead atoms. The third-order valence-electron chi connectivity index (χ3n) is 5.40. The minimum absolute atomic E-state index is 0.0332. The lowest BCUT2D eigenvalue weighted by molar-refractivity contribution is 0.411. The highest BCUT2D eigenvalue weighted by Gasteiger charge is 2.25. The van der Waals surface area contributed by atoms with Crippen LogP contribution in [0.15, 0.2) is 44.3 Å². The monoisotopic (exact) mass is 423 g/mol. The fourth-order valence-corrected chi connectivity index (χ4v) is 3.93. The van der Waals surface area contributed by atoms with Gasteiger partial charge in [-0.15, -0.1) is 0 Å². The highest BCUT2D eigenvalue weighted by atomic mass is 19.1. The summed E-state index contributed by atoms with van der Waals surface area (Å²) < 4.78 is 27.7. The van der Waals surface area contributed by atoms with Crippen molar-refractivity contribution < 1.29 is 18.7 Å². The summed E-state index contributed by atoms with van der Waals surface area (Å²) in [5.74, 6) is -0.837. The smallest absolute Gasteiger partial charge is 0.274 e. The SMILES string of the molecule is COc1ccc(-c2c3oc4c(O)c(=O)ccc4c3[nH]c3c2c(=O)[nH]n3C(C)C)c(F)c1. The number of nitrogens with zero attached hydrogens (tertiary/aromatic N) is 1. The van der Waals surface area contributed by atoms with E-state index >= 15 is 4.39 Å². The van der Waals surface area contributed by atoms with E-state index in [1.54, 1.807) is 10.7 Å². The quantitative estimate of drug-likeness (QED) is 0.406. The second kappa shape index (κ2) is 6.49. The Bertz CT molecular complexity index is 1620. The van der Waals surface area contributed by atoms with E-state index in [2.05, 4.69) is 10.1 Å². The van der Waals surface area contributed by atoms with E-state index in [4.69, 9.17) is 9.15 Å². The van der Waals surface area contributed by atoms with Gasteiger partial charge in [-0.3, -0.25) is 19.4 Å². The van der Waals surface area contributed by atoms with Crippen molar-refractivity contribution in [2.24, 2.45) is 0 Å². The van der Waals surface area contributed by atoms with Gasteiger partial charge >= 0.3 is 0 Å². The van der Waals surface area contributed by atoms with E-state index in [1.165, 1.54) is 31.4 Å². The molecule has 158 valence electrons. The van der Waals surface area contributed by atoms with Crippen LogP contribution < -0.4 is 15.7 Å². The number of furan rings is 1. The van der Waals surface area contributed by atoms with Crippen LogP contribution in [0, 0.1) is 5.82 Å². The van der Waals surface area contributed by atoms with Crippen molar-refractivity contribution in [1.29, 1.82) is 0 Å². The predicted molar refractivity (Wildman–Crippen MR) is 114 cm³/mol. The minimum atomic E-state index is -0.612. The Morgan fingerprint density at radius 3 is 2.61 bits per heavy atom. The van der Waals surface area contributed by atoms with Crippen molar-refractivity contribution in [2.75, 3.05) is 7.11 Å². The maximum Gasteiger partial charge on any atom is 0.274 e. The van der Waals surface area contributed by atoms with Crippen LogP contribution in [0.2, 0.25) is 0 Å². The summed E-state index contributed by atoms with van der Waals surface area (Å²) in [4.78, 5) is 28.0. The molecule has 0 spiro atoms. The van der Waals surface area contributed by atoms with Crippen molar-refractivity contribution in [1.82, 2.24) is 14.8 Å². The van der Waals surface area contributed by atoms with Crippen molar-refractivity contribution in [3.63, 3.8) is 0 Å². The van der Waals surface area contributed by atoms with Gasteiger partial charge in [-0.25, -0.2) is 4.39 Å². The Morgan fingerprint density at radius 1 is 1.16 bits per heavy atom. The molecule has 0 unspecified atom stereocenters. The number of hydrogen-bond donors (Lipinski definition) is 3. The number of benzene rings is 2. The van der Waals surface area contributed by atoms with Gasteiger partial charge in [-0.1, -0.05) is 0 Å². The van der Waals surface area contributed by atoms with Gasteiger partial charge in [-0.05, 0) is 38.1 Å². The highest BCUT2D eigenvalue weighted by molar-refractivity contribution is 6.15. The number of ether oxygens (including phenoxy) is 1. The second-order valence-corrected chi connectivity index (χ2v) is 7.57. The third kappa shape index (κ3) is 2.59. The van der Waals surface area contributed by atoms with Gasteiger partial charge in [0, 0.05) is 28.6 Å². The number of H-pyrrole nitrogens is 2. The Labute approximate surface area is 173 Å². The molecule has 5 aromatic rings. The molecule has 9 heteroatoms. The lowest BCUT2D eigenvalue weighted by atomic mass is 10.0. The summed E-state index contributed by atoms with van der Waals surface area (Å²) in [7, 11) is 1.43. The van der Waals surface area contributed by atoms with Crippen LogP contribution >= 0.6 is 0 Å². The Kier molecular flexibility index (Phi) is 3.98. The number of phenolic OH excluding ortho intramolecular Hbond substituents is 1. The van der Waals surface area contributed by atoms with E-state index in [0.717, 1.165) is 0 Å². The van der Waals surface area contributed by atoms with Gasteiger partial charge < -0.3 is 19.2 Å². The number of fused-ring (bicyclic) bond motifs is 4. The molecule has 0 radical (unpaired) electrons. The Hall–Kier alpha value is -4.01. The van der Waals surface area contributed by atoms with Crippen molar-refractivity contribution in [3.05, 3.63) is 56.7 Å². The third-order valence-corrected chi connectivity index (χ3v) is 5.40. The zero-order valence-corrected chi connectivity index (χ0v) is 16.9. The van der Waals surface area contributed by atoms with Gasteiger partial charge in [0.1, 0.15) is 17.2 Å². The van der Waals surface area contributed by atoms with Gasteiger partial charge in [-0.2, -0.15) is 0 Å². The molecule has 3 N–H and O–H groups in total. The number of halogens is 1. The summed E-state index contributed by atoms with van der Waals surface area (Å²) in [5, 5.41) is 13.7. The van der Waals surface area contributed by atoms with Crippen LogP contribution in [-0.4, -0.2) is 27.0 Å². The number of hydrogen-bond acceptors (Lipinski definition) is 5. The molecule has 8 nitrogen and oxygen atoms in total. The first-order valence-corrected chi connectivity index (χ1v) is 9.60. The number of pyridine rings is 1. The molecule has 0 atom stereocenters. The summed E-state index contributed by atoms with van der Waals surface area (Å²) in [6.07, 6.45) is 0. The first-order chi connectivity index (χ1) is 14.8. The Morgan fingerprint density at radius 2 is 1.94 bits per heavy atom. The molecule has 0 aliphatic heterocycles. The zero-order chi connectivity index (χ0) is 22.0. The number of aromatic amines is 2. The maximum atomic E-state index is 15.1. The standard InChI is InChI=1S/C22H18FN3O5/c1-9(2)26-21-16(22(29)25-26)15(11-5-4-10(30-3)8-13(11)23)20-17(24-21)12-6-7-14(27)18(28)19(12)31-20/h4-9,24,28H,1-3H3,(H,25,29). The molecule has 2 aromatic carbocycles. The molecule has 3 aromatic heterocycles. The second-order valence-electron chi connectivity index (χ2n) is 7.57. The first-order valence-electron chi connectivity index (χ1n) is 9.60. The Balaban J connectivity index is 2.05. The predicted octanol–water partition coefficient (Wildman–Crippen LogP) is 4.02. The number of aromatic hydroxyl groups is 1. The molecule has 0 aliphatic rings. The summed E-state index contributed by atoms with van der Waals surface area (Å²) in [6.45, 7) is 3.79. The molecular formula is C22H18FN3O5. The van der Waals surface area contributed by atoms with Gasteiger partial charge in [0.05, 0.1) is 18.0 Å². The van der Waals surface area contributed by atoms with Crippen LogP contribution in [-0.2, 0) is 0 Å². The molecule has 0 saturated carbocycles. The number of methoxy groups -OCH3 is 1. The molecule has 5 rings (SSSR count). The van der Waals surface area contributed by atoms with Crippen molar-refractivity contribution >= 4 is 33.1 Å². The topological polar surface area (TPSA) is 113 Å². The van der Waals surface area contributed by atoms with Crippen LogP contribution in [0.25, 0.3) is 44.2 Å².